The maximum absolute atomic E-state index is 13.0. The van der Waals surface area contributed by atoms with Crippen LogP contribution in [0.4, 0.5) is 4.79 Å². The lowest BCUT2D eigenvalue weighted by molar-refractivity contribution is -0.128. The third kappa shape index (κ3) is 4.52. The fourth-order valence-corrected chi connectivity index (χ4v) is 5.11. The first-order valence-corrected chi connectivity index (χ1v) is 10.7. The second kappa shape index (κ2) is 8.18. The number of hydrogen-bond acceptors (Lipinski definition) is 2. The summed E-state index contributed by atoms with van der Waals surface area (Å²) in [5.41, 5.74) is 0.225. The van der Waals surface area contributed by atoms with E-state index in [1.807, 2.05) is 9.80 Å². The number of hydrogen-bond donors (Lipinski definition) is 1. The van der Waals surface area contributed by atoms with E-state index in [4.69, 9.17) is 0 Å². The predicted octanol–water partition coefficient (Wildman–Crippen LogP) is 3.64. The molecule has 0 bridgehead atoms. The van der Waals surface area contributed by atoms with Crippen molar-refractivity contribution in [3.8, 4) is 0 Å². The van der Waals surface area contributed by atoms with Crippen LogP contribution < -0.4 is 5.32 Å². The van der Waals surface area contributed by atoms with E-state index < -0.39 is 0 Å². The highest BCUT2D eigenvalue weighted by atomic mass is 16.2. The molecular formula is C21H37N3O2. The number of amides is 3. The van der Waals surface area contributed by atoms with Crippen LogP contribution in [0.15, 0.2) is 0 Å². The molecule has 0 unspecified atom stereocenters. The first-order valence-electron chi connectivity index (χ1n) is 10.7. The monoisotopic (exact) mass is 363 g/mol. The molecule has 0 spiro atoms. The second-order valence-corrected chi connectivity index (χ2v) is 9.63. The SMILES string of the molecule is CC(C)(C)[C@@H]1CCCC[C@@H]1NC(=O)[C@@H]1CCCN(C(=O)N2CCCC2)C1. The van der Waals surface area contributed by atoms with Crippen LogP contribution in [-0.4, -0.2) is 54.0 Å². The van der Waals surface area contributed by atoms with Gasteiger partial charge in [0.1, 0.15) is 0 Å². The summed E-state index contributed by atoms with van der Waals surface area (Å²) in [4.78, 5) is 29.5. The Morgan fingerprint density at radius 1 is 0.846 bits per heavy atom. The minimum Gasteiger partial charge on any atom is -0.353 e. The number of nitrogens with one attached hydrogen (secondary N) is 1. The van der Waals surface area contributed by atoms with Crippen LogP contribution in [-0.2, 0) is 4.79 Å². The maximum Gasteiger partial charge on any atom is 0.320 e. The van der Waals surface area contributed by atoms with E-state index in [1.54, 1.807) is 0 Å². The molecule has 148 valence electrons. The van der Waals surface area contributed by atoms with Gasteiger partial charge in [0.15, 0.2) is 0 Å². The van der Waals surface area contributed by atoms with E-state index in [1.165, 1.54) is 19.3 Å². The Labute approximate surface area is 158 Å². The van der Waals surface area contributed by atoms with Gasteiger partial charge in [0.25, 0.3) is 0 Å². The molecule has 3 aliphatic rings. The summed E-state index contributed by atoms with van der Waals surface area (Å²) in [5.74, 6) is 0.675. The lowest BCUT2D eigenvalue weighted by atomic mass is 9.69. The number of carbonyl (C=O) groups is 2. The van der Waals surface area contributed by atoms with Crippen molar-refractivity contribution in [2.45, 2.75) is 78.2 Å². The van der Waals surface area contributed by atoms with Gasteiger partial charge < -0.3 is 15.1 Å². The van der Waals surface area contributed by atoms with Crippen molar-refractivity contribution in [2.75, 3.05) is 26.2 Å². The molecule has 1 aliphatic carbocycles. The quantitative estimate of drug-likeness (QED) is 0.814. The highest BCUT2D eigenvalue weighted by Crippen LogP contribution is 2.38. The van der Waals surface area contributed by atoms with Crippen LogP contribution in [0.5, 0.6) is 0 Å². The number of piperidine rings is 1. The van der Waals surface area contributed by atoms with Gasteiger partial charge in [0, 0.05) is 32.2 Å². The molecule has 0 radical (unpaired) electrons. The average molecular weight is 364 g/mol. The molecule has 3 atom stereocenters. The average Bonchev–Trinajstić information content (AvgIpc) is 3.15. The summed E-state index contributed by atoms with van der Waals surface area (Å²) in [7, 11) is 0. The molecule has 26 heavy (non-hydrogen) atoms. The van der Waals surface area contributed by atoms with Crippen LogP contribution in [0.2, 0.25) is 0 Å². The molecule has 0 aromatic rings. The summed E-state index contributed by atoms with van der Waals surface area (Å²) >= 11 is 0. The van der Waals surface area contributed by atoms with Gasteiger partial charge in [-0.2, -0.15) is 0 Å². The minimum atomic E-state index is -0.0437. The Kier molecular flexibility index (Phi) is 6.13. The zero-order valence-electron chi connectivity index (χ0n) is 16.9. The standard InChI is InChI=1S/C21H37N3O2/c1-21(2,3)17-10-4-5-11-18(17)22-19(25)16-9-8-14-24(15-16)20(26)23-12-6-7-13-23/h16-18H,4-15H2,1-3H3,(H,22,25)/t16-,17-,18+/m1/s1. The third-order valence-corrected chi connectivity index (χ3v) is 6.65. The molecule has 1 saturated carbocycles. The number of likely N-dealkylation sites (tertiary alicyclic amines) is 2. The zero-order valence-corrected chi connectivity index (χ0v) is 16.9. The Bertz CT molecular complexity index is 508. The van der Waals surface area contributed by atoms with Crippen LogP contribution in [0.1, 0.15) is 72.1 Å². The Balaban J connectivity index is 1.57. The van der Waals surface area contributed by atoms with Gasteiger partial charge >= 0.3 is 6.03 Å². The van der Waals surface area contributed by atoms with E-state index in [2.05, 4.69) is 26.1 Å². The largest absolute Gasteiger partial charge is 0.353 e. The molecule has 0 aromatic heterocycles. The van der Waals surface area contributed by atoms with Crippen molar-refractivity contribution in [3.05, 3.63) is 0 Å². The Morgan fingerprint density at radius 2 is 1.50 bits per heavy atom. The van der Waals surface area contributed by atoms with E-state index in [9.17, 15) is 9.59 Å². The van der Waals surface area contributed by atoms with Gasteiger partial charge in [-0.25, -0.2) is 4.79 Å². The van der Waals surface area contributed by atoms with Crippen molar-refractivity contribution in [1.82, 2.24) is 15.1 Å². The van der Waals surface area contributed by atoms with Crippen molar-refractivity contribution in [2.24, 2.45) is 17.3 Å². The van der Waals surface area contributed by atoms with Crippen molar-refractivity contribution >= 4 is 11.9 Å². The maximum atomic E-state index is 13.0. The lowest BCUT2D eigenvalue weighted by Crippen LogP contribution is -2.53. The van der Waals surface area contributed by atoms with Gasteiger partial charge in [-0.15, -0.1) is 0 Å². The van der Waals surface area contributed by atoms with E-state index in [0.29, 0.717) is 18.5 Å². The molecule has 5 nitrogen and oxygen atoms in total. The molecule has 3 amide bonds. The number of urea groups is 1. The van der Waals surface area contributed by atoms with Gasteiger partial charge in [0.2, 0.25) is 5.91 Å². The fraction of sp³-hybridized carbons (Fsp3) is 0.905. The van der Waals surface area contributed by atoms with E-state index >= 15 is 0 Å². The molecule has 0 aromatic carbocycles. The van der Waals surface area contributed by atoms with Gasteiger partial charge in [-0.1, -0.05) is 33.6 Å². The first-order chi connectivity index (χ1) is 12.4. The summed E-state index contributed by atoms with van der Waals surface area (Å²) in [6.07, 6.45) is 8.85. The Hall–Kier alpha value is -1.26. The smallest absolute Gasteiger partial charge is 0.320 e. The van der Waals surface area contributed by atoms with Crippen molar-refractivity contribution in [3.63, 3.8) is 0 Å². The third-order valence-electron chi connectivity index (χ3n) is 6.65. The molecule has 2 saturated heterocycles. The molecule has 5 heteroatoms. The predicted molar refractivity (Wildman–Crippen MR) is 104 cm³/mol. The molecule has 2 aliphatic heterocycles. The zero-order chi connectivity index (χ0) is 18.7. The lowest BCUT2D eigenvalue weighted by Gasteiger charge is -2.42. The number of nitrogens with zero attached hydrogens (tertiary/aromatic N) is 2. The highest BCUT2D eigenvalue weighted by molar-refractivity contribution is 5.81. The molecule has 3 fully saturated rings. The van der Waals surface area contributed by atoms with Crippen LogP contribution in [0, 0.1) is 17.3 Å². The summed E-state index contributed by atoms with van der Waals surface area (Å²) in [6, 6.07) is 0.436. The second-order valence-electron chi connectivity index (χ2n) is 9.63. The normalized spacial score (nSPS) is 30.3. The topological polar surface area (TPSA) is 52.7 Å². The number of carbonyl (C=O) groups excluding carboxylic acids is 2. The minimum absolute atomic E-state index is 0.0437. The molecule has 2 heterocycles. The van der Waals surface area contributed by atoms with Gasteiger partial charge in [-0.05, 0) is 49.9 Å². The first kappa shape index (κ1) is 19.5. The highest BCUT2D eigenvalue weighted by Gasteiger charge is 2.37. The molecule has 3 rings (SSSR count). The van der Waals surface area contributed by atoms with Crippen LogP contribution >= 0.6 is 0 Å². The summed E-state index contributed by atoms with van der Waals surface area (Å²) < 4.78 is 0. The number of rotatable bonds is 2. The van der Waals surface area contributed by atoms with Crippen LogP contribution in [0.25, 0.3) is 0 Å². The summed E-state index contributed by atoms with van der Waals surface area (Å²) in [6.45, 7) is 10.0. The van der Waals surface area contributed by atoms with E-state index in [-0.39, 0.29) is 23.3 Å². The van der Waals surface area contributed by atoms with Crippen molar-refractivity contribution in [1.29, 1.82) is 0 Å². The molecular weight excluding hydrogens is 326 g/mol. The fourth-order valence-electron chi connectivity index (χ4n) is 5.11. The van der Waals surface area contributed by atoms with Gasteiger partial charge in [-0.3, -0.25) is 4.79 Å². The Morgan fingerprint density at radius 3 is 2.19 bits per heavy atom. The molecule has 1 N–H and O–H groups in total. The summed E-state index contributed by atoms with van der Waals surface area (Å²) in [5, 5.41) is 3.38. The van der Waals surface area contributed by atoms with Gasteiger partial charge in [0.05, 0.1) is 5.92 Å². The van der Waals surface area contributed by atoms with Crippen LogP contribution in [0.3, 0.4) is 0 Å². The van der Waals surface area contributed by atoms with E-state index in [0.717, 1.165) is 51.7 Å². The van der Waals surface area contributed by atoms with Crippen molar-refractivity contribution < 1.29 is 9.59 Å².